The highest BCUT2D eigenvalue weighted by molar-refractivity contribution is 7.22. The standard InChI is InChI=1S/C17H13ClN2O3S/c1-8-3-9(2)14-13(4-8)24-17(19-14)20-16(21)10-5-11(18)15-12(6-10)22-7-23-15/h3-6H,7H2,1-2H3,(H,19,20,21). The Hall–Kier alpha value is -2.31. The Kier molecular flexibility index (Phi) is 3.58. The van der Waals surface area contributed by atoms with Gasteiger partial charge in [-0.15, -0.1) is 0 Å². The van der Waals surface area contributed by atoms with Crippen LogP contribution in [-0.2, 0) is 0 Å². The maximum absolute atomic E-state index is 12.5. The van der Waals surface area contributed by atoms with Gasteiger partial charge in [-0.1, -0.05) is 29.0 Å². The van der Waals surface area contributed by atoms with Crippen molar-refractivity contribution in [3.8, 4) is 11.5 Å². The van der Waals surface area contributed by atoms with Gasteiger partial charge in [0.25, 0.3) is 5.91 Å². The number of benzene rings is 2. The van der Waals surface area contributed by atoms with E-state index in [1.165, 1.54) is 16.9 Å². The summed E-state index contributed by atoms with van der Waals surface area (Å²) < 4.78 is 11.6. The Bertz CT molecular complexity index is 984. The summed E-state index contributed by atoms with van der Waals surface area (Å²) in [5.41, 5.74) is 3.57. The number of fused-ring (bicyclic) bond motifs is 2. The number of carbonyl (C=O) groups is 1. The molecular formula is C17H13ClN2O3S. The van der Waals surface area contributed by atoms with Crippen molar-refractivity contribution in [1.29, 1.82) is 0 Å². The van der Waals surface area contributed by atoms with Crippen LogP contribution < -0.4 is 14.8 Å². The summed E-state index contributed by atoms with van der Waals surface area (Å²) in [6, 6.07) is 7.32. The second-order valence-corrected chi connectivity index (χ2v) is 7.03. The molecule has 0 spiro atoms. The molecule has 0 saturated heterocycles. The van der Waals surface area contributed by atoms with Crippen molar-refractivity contribution in [2.45, 2.75) is 13.8 Å². The number of thiazole rings is 1. The summed E-state index contributed by atoms with van der Waals surface area (Å²) in [7, 11) is 0. The lowest BCUT2D eigenvalue weighted by Gasteiger charge is -2.04. The van der Waals surface area contributed by atoms with Crippen LogP contribution in [0.4, 0.5) is 5.13 Å². The first kappa shape index (κ1) is 15.2. The molecule has 0 saturated carbocycles. The van der Waals surface area contributed by atoms with Crippen LogP contribution >= 0.6 is 22.9 Å². The summed E-state index contributed by atoms with van der Waals surface area (Å²) in [5.74, 6) is 0.659. The third-order valence-electron chi connectivity index (χ3n) is 3.74. The first-order valence-corrected chi connectivity index (χ1v) is 8.49. The van der Waals surface area contributed by atoms with E-state index in [9.17, 15) is 4.79 Å². The molecule has 0 unspecified atom stereocenters. The summed E-state index contributed by atoms with van der Waals surface area (Å²) in [6.07, 6.45) is 0. The lowest BCUT2D eigenvalue weighted by molar-refractivity contribution is 0.102. The van der Waals surface area contributed by atoms with Crippen LogP contribution in [0.25, 0.3) is 10.2 Å². The molecule has 0 radical (unpaired) electrons. The predicted molar refractivity (Wildman–Crippen MR) is 94.6 cm³/mol. The van der Waals surface area contributed by atoms with Crippen molar-refractivity contribution in [1.82, 2.24) is 4.98 Å². The molecule has 1 N–H and O–H groups in total. The maximum atomic E-state index is 12.5. The molecule has 1 aliphatic heterocycles. The molecular weight excluding hydrogens is 348 g/mol. The van der Waals surface area contributed by atoms with Gasteiger partial charge in [-0.3, -0.25) is 10.1 Å². The Morgan fingerprint density at radius 2 is 2.08 bits per heavy atom. The average Bonchev–Trinajstić information content (AvgIpc) is 3.13. The van der Waals surface area contributed by atoms with Gasteiger partial charge in [0.05, 0.1) is 15.2 Å². The summed E-state index contributed by atoms with van der Waals surface area (Å²) >= 11 is 7.57. The summed E-state index contributed by atoms with van der Waals surface area (Å²) in [4.78, 5) is 17.0. The van der Waals surface area contributed by atoms with Gasteiger partial charge in [-0.25, -0.2) is 4.98 Å². The van der Waals surface area contributed by atoms with Gasteiger partial charge in [-0.05, 0) is 43.2 Å². The lowest BCUT2D eigenvalue weighted by Crippen LogP contribution is -2.11. The van der Waals surface area contributed by atoms with Gasteiger partial charge < -0.3 is 9.47 Å². The Morgan fingerprint density at radius 3 is 2.92 bits per heavy atom. The predicted octanol–water partition coefficient (Wildman–Crippen LogP) is 4.55. The zero-order chi connectivity index (χ0) is 16.8. The molecule has 1 aliphatic rings. The molecule has 3 aromatic rings. The first-order chi connectivity index (χ1) is 11.5. The van der Waals surface area contributed by atoms with E-state index in [2.05, 4.69) is 22.4 Å². The van der Waals surface area contributed by atoms with E-state index in [0.717, 1.165) is 15.8 Å². The summed E-state index contributed by atoms with van der Waals surface area (Å²) in [6.45, 7) is 4.16. The van der Waals surface area contributed by atoms with Crippen molar-refractivity contribution in [3.63, 3.8) is 0 Å². The van der Waals surface area contributed by atoms with Crippen LogP contribution in [-0.4, -0.2) is 17.7 Å². The molecule has 7 heteroatoms. The molecule has 0 fully saturated rings. The van der Waals surface area contributed by atoms with Gasteiger partial charge >= 0.3 is 0 Å². The van der Waals surface area contributed by atoms with E-state index in [4.69, 9.17) is 21.1 Å². The molecule has 0 aliphatic carbocycles. The van der Waals surface area contributed by atoms with Gasteiger partial charge in [0.1, 0.15) is 0 Å². The number of anilines is 1. The number of rotatable bonds is 2. The smallest absolute Gasteiger partial charge is 0.257 e. The number of nitrogens with zero attached hydrogens (tertiary/aromatic N) is 1. The van der Waals surface area contributed by atoms with Crippen molar-refractivity contribution >= 4 is 44.2 Å². The van der Waals surface area contributed by atoms with Gasteiger partial charge in [0, 0.05) is 5.56 Å². The quantitative estimate of drug-likeness (QED) is 0.728. The highest BCUT2D eigenvalue weighted by Crippen LogP contribution is 2.40. The lowest BCUT2D eigenvalue weighted by atomic mass is 10.1. The number of aromatic nitrogens is 1. The number of nitrogens with one attached hydrogen (secondary N) is 1. The van der Waals surface area contributed by atoms with Crippen LogP contribution in [0.5, 0.6) is 11.5 Å². The second-order valence-electron chi connectivity index (χ2n) is 5.59. The molecule has 5 nitrogen and oxygen atoms in total. The van der Waals surface area contributed by atoms with Crippen LogP contribution in [0.15, 0.2) is 24.3 Å². The third kappa shape index (κ3) is 2.57. The number of aryl methyl sites for hydroxylation is 2. The molecule has 4 rings (SSSR count). The SMILES string of the molecule is Cc1cc(C)c2nc(NC(=O)c3cc(Cl)c4c(c3)OCO4)sc2c1. The Morgan fingerprint density at radius 1 is 1.25 bits per heavy atom. The first-order valence-electron chi connectivity index (χ1n) is 7.29. The monoisotopic (exact) mass is 360 g/mol. The fraction of sp³-hybridized carbons (Fsp3) is 0.176. The van der Waals surface area contributed by atoms with E-state index < -0.39 is 0 Å². The fourth-order valence-corrected chi connectivity index (χ4v) is 3.99. The Labute approximate surface area is 147 Å². The minimum Gasteiger partial charge on any atom is -0.454 e. The van der Waals surface area contributed by atoms with Crippen LogP contribution in [0.1, 0.15) is 21.5 Å². The third-order valence-corrected chi connectivity index (χ3v) is 4.94. The minimum atomic E-state index is -0.288. The average molecular weight is 361 g/mol. The topological polar surface area (TPSA) is 60.5 Å². The molecule has 2 heterocycles. The zero-order valence-electron chi connectivity index (χ0n) is 13.0. The number of amides is 1. The fourth-order valence-electron chi connectivity index (χ4n) is 2.69. The molecule has 24 heavy (non-hydrogen) atoms. The Balaban J connectivity index is 1.65. The number of hydrogen-bond acceptors (Lipinski definition) is 5. The number of hydrogen-bond donors (Lipinski definition) is 1. The summed E-state index contributed by atoms with van der Waals surface area (Å²) in [5, 5.41) is 3.73. The molecule has 0 atom stereocenters. The van der Waals surface area contributed by atoms with Gasteiger partial charge in [-0.2, -0.15) is 0 Å². The van der Waals surface area contributed by atoms with E-state index >= 15 is 0 Å². The van der Waals surface area contributed by atoms with Crippen LogP contribution in [0.3, 0.4) is 0 Å². The van der Waals surface area contributed by atoms with E-state index in [1.807, 2.05) is 13.8 Å². The highest BCUT2D eigenvalue weighted by Gasteiger charge is 2.21. The number of halogens is 1. The van der Waals surface area contributed by atoms with Crippen molar-refractivity contribution in [3.05, 3.63) is 46.0 Å². The van der Waals surface area contributed by atoms with Crippen molar-refractivity contribution in [2.24, 2.45) is 0 Å². The van der Waals surface area contributed by atoms with E-state index in [0.29, 0.717) is 27.2 Å². The van der Waals surface area contributed by atoms with Crippen molar-refractivity contribution < 1.29 is 14.3 Å². The van der Waals surface area contributed by atoms with Crippen molar-refractivity contribution in [2.75, 3.05) is 12.1 Å². The maximum Gasteiger partial charge on any atom is 0.257 e. The molecule has 122 valence electrons. The number of carbonyl (C=O) groups excluding carboxylic acids is 1. The molecule has 2 aromatic carbocycles. The minimum absolute atomic E-state index is 0.108. The molecule has 1 aromatic heterocycles. The van der Waals surface area contributed by atoms with E-state index in [1.54, 1.807) is 12.1 Å². The second kappa shape index (κ2) is 5.65. The highest BCUT2D eigenvalue weighted by atomic mass is 35.5. The van der Waals surface area contributed by atoms with E-state index in [-0.39, 0.29) is 12.7 Å². The van der Waals surface area contributed by atoms with Gasteiger partial charge in [0.15, 0.2) is 16.6 Å². The van der Waals surface area contributed by atoms with Crippen LogP contribution in [0, 0.1) is 13.8 Å². The van der Waals surface area contributed by atoms with Crippen LogP contribution in [0.2, 0.25) is 5.02 Å². The molecule has 1 amide bonds. The number of ether oxygens (including phenoxy) is 2. The largest absolute Gasteiger partial charge is 0.454 e. The zero-order valence-corrected chi connectivity index (χ0v) is 14.5. The normalized spacial score (nSPS) is 12.6. The van der Waals surface area contributed by atoms with Gasteiger partial charge in [0.2, 0.25) is 6.79 Å². The molecule has 0 bridgehead atoms.